The third-order valence-electron chi connectivity index (χ3n) is 2.88. The Labute approximate surface area is 97.6 Å². The van der Waals surface area contributed by atoms with Crippen molar-refractivity contribution in [1.82, 2.24) is 10.3 Å². The van der Waals surface area contributed by atoms with E-state index in [1.165, 1.54) is 0 Å². The number of rotatable bonds is 6. The number of carboxylic acids is 1. The molecule has 1 saturated carbocycles. The third-order valence-corrected chi connectivity index (χ3v) is 4.17. The van der Waals surface area contributed by atoms with Gasteiger partial charge >= 0.3 is 5.97 Å². The van der Waals surface area contributed by atoms with Gasteiger partial charge in [0.15, 0.2) is 0 Å². The van der Waals surface area contributed by atoms with Gasteiger partial charge < -0.3 is 5.11 Å². The van der Waals surface area contributed by atoms with Gasteiger partial charge in [-0.25, -0.2) is 4.63 Å². The standard InChI is InChI=1S/C10H14N2O3S/c1-7-8(12-15-11-7)5-16-6-10(2-3-10)4-9(13)14/h2-6H2,1H3,(H,13,14). The predicted molar refractivity (Wildman–Crippen MR) is 59.1 cm³/mol. The van der Waals surface area contributed by atoms with E-state index in [0.29, 0.717) is 0 Å². The minimum absolute atomic E-state index is 0.0432. The summed E-state index contributed by atoms with van der Waals surface area (Å²) in [6, 6.07) is 0. The van der Waals surface area contributed by atoms with Crippen LogP contribution in [0.3, 0.4) is 0 Å². The zero-order valence-corrected chi connectivity index (χ0v) is 9.92. The van der Waals surface area contributed by atoms with Crippen molar-refractivity contribution < 1.29 is 14.5 Å². The molecule has 1 aliphatic carbocycles. The molecule has 0 bridgehead atoms. The first kappa shape index (κ1) is 11.4. The van der Waals surface area contributed by atoms with Crippen LogP contribution in [0.4, 0.5) is 0 Å². The van der Waals surface area contributed by atoms with Crippen molar-refractivity contribution in [1.29, 1.82) is 0 Å². The molecule has 6 heteroatoms. The van der Waals surface area contributed by atoms with Gasteiger partial charge in [0.2, 0.25) is 0 Å². The van der Waals surface area contributed by atoms with E-state index in [1.807, 2.05) is 6.92 Å². The quantitative estimate of drug-likeness (QED) is 0.820. The molecule has 1 heterocycles. The van der Waals surface area contributed by atoms with Gasteiger partial charge in [-0.1, -0.05) is 10.3 Å². The van der Waals surface area contributed by atoms with E-state index in [9.17, 15) is 4.79 Å². The predicted octanol–water partition coefficient (Wildman–Crippen LogP) is 1.87. The summed E-state index contributed by atoms with van der Waals surface area (Å²) in [6.45, 7) is 1.86. The number of hydrogen-bond acceptors (Lipinski definition) is 5. The molecule has 2 rings (SSSR count). The molecule has 0 unspecified atom stereocenters. The van der Waals surface area contributed by atoms with E-state index in [-0.39, 0.29) is 11.8 Å². The van der Waals surface area contributed by atoms with Crippen LogP contribution in [0.5, 0.6) is 0 Å². The molecular weight excluding hydrogens is 228 g/mol. The van der Waals surface area contributed by atoms with Gasteiger partial charge in [-0.15, -0.1) is 0 Å². The molecule has 0 aromatic carbocycles. The molecule has 88 valence electrons. The third kappa shape index (κ3) is 2.75. The topological polar surface area (TPSA) is 76.2 Å². The number of nitrogens with zero attached hydrogens (tertiary/aromatic N) is 2. The molecule has 0 aliphatic heterocycles. The lowest BCUT2D eigenvalue weighted by Gasteiger charge is -2.10. The van der Waals surface area contributed by atoms with Crippen LogP contribution in [0.15, 0.2) is 4.63 Å². The number of thioether (sulfide) groups is 1. The average Bonchev–Trinajstić information content (AvgIpc) is 2.82. The monoisotopic (exact) mass is 242 g/mol. The molecule has 0 amide bonds. The first-order chi connectivity index (χ1) is 7.61. The van der Waals surface area contributed by atoms with Crippen molar-refractivity contribution in [2.75, 3.05) is 5.75 Å². The lowest BCUT2D eigenvalue weighted by atomic mass is 10.1. The summed E-state index contributed by atoms with van der Waals surface area (Å²) in [7, 11) is 0. The number of aromatic nitrogens is 2. The second-order valence-corrected chi connectivity index (χ2v) is 5.35. The maximum absolute atomic E-state index is 10.7. The van der Waals surface area contributed by atoms with Gasteiger partial charge in [-0.2, -0.15) is 11.8 Å². The number of carboxylic acid groups (broad SMARTS) is 1. The summed E-state index contributed by atoms with van der Waals surface area (Å²) in [4.78, 5) is 10.7. The smallest absolute Gasteiger partial charge is 0.303 e. The van der Waals surface area contributed by atoms with E-state index >= 15 is 0 Å². The zero-order chi connectivity index (χ0) is 11.6. The van der Waals surface area contributed by atoms with Crippen LogP contribution in [0, 0.1) is 12.3 Å². The highest BCUT2D eigenvalue weighted by molar-refractivity contribution is 7.98. The molecule has 1 N–H and O–H groups in total. The summed E-state index contributed by atoms with van der Waals surface area (Å²) in [6.07, 6.45) is 2.35. The van der Waals surface area contributed by atoms with Crippen molar-refractivity contribution in [3.63, 3.8) is 0 Å². The molecule has 0 atom stereocenters. The fraction of sp³-hybridized carbons (Fsp3) is 0.700. The van der Waals surface area contributed by atoms with Crippen molar-refractivity contribution in [2.45, 2.75) is 31.9 Å². The minimum atomic E-state index is -0.697. The van der Waals surface area contributed by atoms with Crippen LogP contribution in [-0.2, 0) is 10.5 Å². The molecule has 5 nitrogen and oxygen atoms in total. The van der Waals surface area contributed by atoms with Crippen LogP contribution in [0.1, 0.15) is 30.7 Å². The zero-order valence-electron chi connectivity index (χ0n) is 9.10. The lowest BCUT2D eigenvalue weighted by molar-refractivity contribution is -0.138. The molecule has 0 radical (unpaired) electrons. The van der Waals surface area contributed by atoms with Crippen molar-refractivity contribution in [3.05, 3.63) is 11.4 Å². The second-order valence-electron chi connectivity index (χ2n) is 4.36. The van der Waals surface area contributed by atoms with Gasteiger partial charge in [0.25, 0.3) is 0 Å². The maximum Gasteiger partial charge on any atom is 0.303 e. The van der Waals surface area contributed by atoms with Crippen LogP contribution < -0.4 is 0 Å². The van der Waals surface area contributed by atoms with E-state index < -0.39 is 5.97 Å². The molecule has 1 fully saturated rings. The Bertz CT molecular complexity index is 387. The Morgan fingerprint density at radius 3 is 2.81 bits per heavy atom. The Hall–Kier alpha value is -1.04. The first-order valence-corrected chi connectivity index (χ1v) is 6.34. The fourth-order valence-corrected chi connectivity index (χ4v) is 3.00. The highest BCUT2D eigenvalue weighted by Crippen LogP contribution is 2.51. The largest absolute Gasteiger partial charge is 0.481 e. The normalized spacial score (nSPS) is 17.3. The Balaban J connectivity index is 1.76. The van der Waals surface area contributed by atoms with Crippen LogP contribution in [-0.4, -0.2) is 27.1 Å². The summed E-state index contributed by atoms with van der Waals surface area (Å²) in [5.41, 5.74) is 1.72. The van der Waals surface area contributed by atoms with Gasteiger partial charge in [0, 0.05) is 5.75 Å². The summed E-state index contributed by atoms with van der Waals surface area (Å²) in [5, 5.41) is 16.3. The van der Waals surface area contributed by atoms with Gasteiger partial charge in [-0.3, -0.25) is 4.79 Å². The number of hydrogen-bond donors (Lipinski definition) is 1. The van der Waals surface area contributed by atoms with E-state index in [4.69, 9.17) is 5.11 Å². The summed E-state index contributed by atoms with van der Waals surface area (Å²) in [5.74, 6) is 0.930. The van der Waals surface area contributed by atoms with Crippen LogP contribution in [0.2, 0.25) is 0 Å². The lowest BCUT2D eigenvalue weighted by Crippen LogP contribution is -2.11. The Kier molecular flexibility index (Phi) is 3.18. The molecule has 16 heavy (non-hydrogen) atoms. The number of aryl methyl sites for hydroxylation is 1. The fourth-order valence-electron chi connectivity index (χ4n) is 1.61. The van der Waals surface area contributed by atoms with Crippen molar-refractivity contribution >= 4 is 17.7 Å². The minimum Gasteiger partial charge on any atom is -0.481 e. The maximum atomic E-state index is 10.7. The van der Waals surface area contributed by atoms with Gasteiger partial charge in [0.1, 0.15) is 11.4 Å². The number of aliphatic carboxylic acids is 1. The Morgan fingerprint density at radius 1 is 1.56 bits per heavy atom. The highest BCUT2D eigenvalue weighted by Gasteiger charge is 2.44. The molecule has 0 saturated heterocycles. The second kappa shape index (κ2) is 4.45. The van der Waals surface area contributed by atoms with Gasteiger partial charge in [0.05, 0.1) is 6.42 Å². The average molecular weight is 242 g/mol. The molecule has 1 aromatic rings. The van der Waals surface area contributed by atoms with Crippen molar-refractivity contribution in [2.24, 2.45) is 5.41 Å². The molecular formula is C10H14N2O3S. The van der Waals surface area contributed by atoms with Crippen LogP contribution in [0.25, 0.3) is 0 Å². The van der Waals surface area contributed by atoms with E-state index in [0.717, 1.165) is 35.7 Å². The Morgan fingerprint density at radius 2 is 2.31 bits per heavy atom. The summed E-state index contributed by atoms with van der Waals surface area (Å²) >= 11 is 1.71. The molecule has 1 aliphatic rings. The van der Waals surface area contributed by atoms with E-state index in [1.54, 1.807) is 11.8 Å². The molecule has 1 aromatic heterocycles. The first-order valence-electron chi connectivity index (χ1n) is 5.19. The van der Waals surface area contributed by atoms with Crippen LogP contribution >= 0.6 is 11.8 Å². The number of carbonyl (C=O) groups is 1. The highest BCUT2D eigenvalue weighted by atomic mass is 32.2. The summed E-state index contributed by atoms with van der Waals surface area (Å²) < 4.78 is 4.60. The molecule has 0 spiro atoms. The van der Waals surface area contributed by atoms with Gasteiger partial charge in [-0.05, 0) is 30.9 Å². The SMILES string of the molecule is Cc1nonc1CSCC1(CC(=O)O)CC1. The van der Waals surface area contributed by atoms with E-state index in [2.05, 4.69) is 14.9 Å². The van der Waals surface area contributed by atoms with Crippen molar-refractivity contribution in [3.8, 4) is 0 Å².